The quantitative estimate of drug-likeness (QED) is 0.440. The van der Waals surface area contributed by atoms with Crippen LogP contribution in [0.5, 0.6) is 0 Å². The predicted octanol–water partition coefficient (Wildman–Crippen LogP) is 3.41. The van der Waals surface area contributed by atoms with E-state index in [1.165, 1.54) is 6.92 Å². The van der Waals surface area contributed by atoms with Crippen molar-refractivity contribution in [1.82, 2.24) is 0 Å². The van der Waals surface area contributed by atoms with Crippen LogP contribution in [0.25, 0.3) is 0 Å². The van der Waals surface area contributed by atoms with Crippen molar-refractivity contribution in [2.75, 3.05) is 5.73 Å². The third-order valence-corrected chi connectivity index (χ3v) is 1.74. The fourth-order valence-electron chi connectivity index (χ4n) is 1.00. The molecule has 0 spiro atoms. The molecule has 0 aliphatic rings. The minimum absolute atomic E-state index is 0.133. The lowest BCUT2D eigenvalue weighted by Crippen LogP contribution is -2.07. The van der Waals surface area contributed by atoms with Crippen LogP contribution >= 0.6 is 0 Å². The molecule has 0 atom stereocenters. The Kier molecular flexibility index (Phi) is 5.11. The Morgan fingerprint density at radius 2 is 1.20 bits per heavy atom. The monoisotopic (exact) mass is 223 g/mol. The van der Waals surface area contributed by atoms with Gasteiger partial charge in [0.25, 0.3) is 0 Å². The molecule has 1 nitrogen and oxygen atoms in total. The van der Waals surface area contributed by atoms with Gasteiger partial charge in [-0.1, -0.05) is 20.8 Å². The summed E-state index contributed by atoms with van der Waals surface area (Å²) in [7, 11) is 0. The van der Waals surface area contributed by atoms with Gasteiger partial charge in [-0.3, -0.25) is 0 Å². The van der Waals surface area contributed by atoms with E-state index in [1.54, 1.807) is 0 Å². The van der Waals surface area contributed by atoms with Crippen LogP contribution in [0.15, 0.2) is 0 Å². The summed E-state index contributed by atoms with van der Waals surface area (Å²) in [4.78, 5) is 0. The van der Waals surface area contributed by atoms with Crippen LogP contribution in [0.2, 0.25) is 0 Å². The second-order valence-corrected chi connectivity index (χ2v) is 2.50. The van der Waals surface area contributed by atoms with Gasteiger partial charge in [-0.15, -0.1) is 0 Å². The summed E-state index contributed by atoms with van der Waals surface area (Å²) >= 11 is 0. The molecule has 0 radical (unpaired) electrons. The van der Waals surface area contributed by atoms with Crippen molar-refractivity contribution in [2.45, 2.75) is 27.2 Å². The van der Waals surface area contributed by atoms with Gasteiger partial charge in [0.2, 0.25) is 0 Å². The molecule has 0 saturated heterocycles. The van der Waals surface area contributed by atoms with Gasteiger partial charge in [-0.05, 0) is 6.42 Å². The van der Waals surface area contributed by atoms with Gasteiger partial charge in [0.1, 0.15) is 5.69 Å². The van der Waals surface area contributed by atoms with Gasteiger partial charge in [-0.2, -0.15) is 0 Å². The Hall–Kier alpha value is -1.26. The molecule has 1 aromatic rings. The summed E-state index contributed by atoms with van der Waals surface area (Å²) in [5, 5.41) is 0. The van der Waals surface area contributed by atoms with E-state index in [4.69, 9.17) is 5.73 Å². The molecule has 0 aromatic heterocycles. The van der Waals surface area contributed by atoms with E-state index in [0.717, 1.165) is 0 Å². The van der Waals surface area contributed by atoms with Gasteiger partial charge in [0.05, 0.1) is 0 Å². The molecule has 5 heteroatoms. The lowest BCUT2D eigenvalue weighted by atomic mass is 10.1. The van der Waals surface area contributed by atoms with Crippen molar-refractivity contribution >= 4 is 5.69 Å². The molecule has 0 heterocycles. The van der Waals surface area contributed by atoms with E-state index in [2.05, 4.69) is 0 Å². The molecule has 0 saturated carbocycles. The molecule has 15 heavy (non-hydrogen) atoms. The zero-order chi connectivity index (χ0) is 12.2. The summed E-state index contributed by atoms with van der Waals surface area (Å²) in [5.74, 6) is -5.90. The van der Waals surface area contributed by atoms with Crippen LogP contribution in [0.3, 0.4) is 0 Å². The van der Waals surface area contributed by atoms with Gasteiger partial charge < -0.3 is 5.73 Å². The smallest absolute Gasteiger partial charge is 0.185 e. The van der Waals surface area contributed by atoms with Crippen molar-refractivity contribution in [3.63, 3.8) is 0 Å². The molecule has 86 valence electrons. The number of nitrogen functional groups attached to an aromatic ring is 1. The maximum absolute atomic E-state index is 12.8. The first-order valence-corrected chi connectivity index (χ1v) is 4.61. The maximum Gasteiger partial charge on any atom is 0.185 e. The topological polar surface area (TPSA) is 26.0 Å². The minimum Gasteiger partial charge on any atom is -0.394 e. The molecule has 1 rings (SSSR count). The number of halogens is 4. The predicted molar refractivity (Wildman–Crippen MR) is 51.4 cm³/mol. The number of hydrogen-bond acceptors (Lipinski definition) is 1. The molecular weight excluding hydrogens is 210 g/mol. The highest BCUT2D eigenvalue weighted by Crippen LogP contribution is 2.25. The molecule has 0 aliphatic carbocycles. The zero-order valence-corrected chi connectivity index (χ0v) is 8.80. The third kappa shape index (κ3) is 2.40. The fraction of sp³-hybridized carbons (Fsp3) is 0.400. The van der Waals surface area contributed by atoms with Crippen LogP contribution in [0, 0.1) is 23.3 Å². The normalized spacial score (nSPS) is 9.53. The van der Waals surface area contributed by atoms with Crippen LogP contribution in [0.4, 0.5) is 23.2 Å². The largest absolute Gasteiger partial charge is 0.394 e. The van der Waals surface area contributed by atoms with E-state index in [-0.39, 0.29) is 6.42 Å². The van der Waals surface area contributed by atoms with Crippen molar-refractivity contribution in [2.24, 2.45) is 0 Å². The first-order valence-electron chi connectivity index (χ1n) is 4.61. The average Bonchev–Trinajstić information content (AvgIpc) is 2.27. The van der Waals surface area contributed by atoms with Crippen molar-refractivity contribution < 1.29 is 17.6 Å². The second kappa shape index (κ2) is 5.58. The van der Waals surface area contributed by atoms with E-state index in [9.17, 15) is 17.6 Å². The van der Waals surface area contributed by atoms with Gasteiger partial charge in [0, 0.05) is 5.56 Å². The first kappa shape index (κ1) is 13.7. The zero-order valence-electron chi connectivity index (χ0n) is 8.80. The van der Waals surface area contributed by atoms with Crippen LogP contribution < -0.4 is 5.73 Å². The number of nitrogens with two attached hydrogens (primary N) is 1. The third-order valence-electron chi connectivity index (χ3n) is 1.74. The van der Waals surface area contributed by atoms with Gasteiger partial charge in [0.15, 0.2) is 23.3 Å². The highest BCUT2D eigenvalue weighted by Gasteiger charge is 2.22. The summed E-state index contributed by atoms with van der Waals surface area (Å²) < 4.78 is 51.1. The highest BCUT2D eigenvalue weighted by atomic mass is 19.2. The van der Waals surface area contributed by atoms with Crippen molar-refractivity contribution in [3.8, 4) is 0 Å². The molecule has 0 fully saturated rings. The number of hydrogen-bond donors (Lipinski definition) is 1. The molecule has 0 amide bonds. The van der Waals surface area contributed by atoms with Crippen molar-refractivity contribution in [3.05, 3.63) is 28.8 Å². The molecule has 0 unspecified atom stereocenters. The summed E-state index contributed by atoms with van der Waals surface area (Å²) in [5.41, 5.74) is 3.04. The summed E-state index contributed by atoms with van der Waals surface area (Å²) in [6.07, 6.45) is -0.133. The van der Waals surface area contributed by atoms with Gasteiger partial charge in [-0.25, -0.2) is 17.6 Å². The molecular formula is C10H13F4N. The lowest BCUT2D eigenvalue weighted by Gasteiger charge is -2.06. The SMILES string of the molecule is CC.CCc1c(F)c(F)c(N)c(F)c1F. The Morgan fingerprint density at radius 1 is 0.867 bits per heavy atom. The van der Waals surface area contributed by atoms with E-state index < -0.39 is 34.5 Å². The molecule has 0 aliphatic heterocycles. The standard InChI is InChI=1S/C8H7F4N.C2H6/c1-2-3-4(9)6(11)8(13)7(12)5(3)10;1-2/h2,13H2,1H3;1-2H3. The fourth-order valence-corrected chi connectivity index (χ4v) is 1.00. The average molecular weight is 223 g/mol. The summed E-state index contributed by atoms with van der Waals surface area (Å²) in [6, 6.07) is 0. The Labute approximate surface area is 85.9 Å². The molecule has 1 aromatic carbocycles. The van der Waals surface area contributed by atoms with Crippen LogP contribution in [0.1, 0.15) is 26.3 Å². The maximum atomic E-state index is 12.8. The molecule has 0 bridgehead atoms. The first-order chi connectivity index (χ1) is 7.00. The highest BCUT2D eigenvalue weighted by molar-refractivity contribution is 5.45. The number of benzene rings is 1. The van der Waals surface area contributed by atoms with Gasteiger partial charge >= 0.3 is 0 Å². The number of rotatable bonds is 1. The second-order valence-electron chi connectivity index (χ2n) is 2.50. The molecule has 2 N–H and O–H groups in total. The van der Waals surface area contributed by atoms with E-state index in [1.807, 2.05) is 13.8 Å². The minimum atomic E-state index is -1.53. The lowest BCUT2D eigenvalue weighted by molar-refractivity contribution is 0.446. The Bertz CT molecular complexity index is 321. The Balaban J connectivity index is 0.000000921. The Morgan fingerprint density at radius 3 is 1.47 bits per heavy atom. The van der Waals surface area contributed by atoms with E-state index >= 15 is 0 Å². The van der Waals surface area contributed by atoms with E-state index in [0.29, 0.717) is 0 Å². The van der Waals surface area contributed by atoms with Crippen molar-refractivity contribution in [1.29, 1.82) is 0 Å². The number of anilines is 1. The van der Waals surface area contributed by atoms with Crippen LogP contribution in [-0.4, -0.2) is 0 Å². The summed E-state index contributed by atoms with van der Waals surface area (Å²) in [6.45, 7) is 5.39. The van der Waals surface area contributed by atoms with Crippen LogP contribution in [-0.2, 0) is 6.42 Å².